The molecule has 0 spiro atoms. The number of benzene rings is 1. The first-order valence-corrected chi connectivity index (χ1v) is 8.92. The predicted molar refractivity (Wildman–Crippen MR) is 97.0 cm³/mol. The lowest BCUT2D eigenvalue weighted by Crippen LogP contribution is -2.45. The Morgan fingerprint density at radius 2 is 2.08 bits per heavy atom. The second kappa shape index (κ2) is 7.32. The normalized spacial score (nSPS) is 21.4. The topological polar surface area (TPSA) is 46.1 Å². The van der Waals surface area contributed by atoms with E-state index in [4.69, 9.17) is 9.47 Å². The summed E-state index contributed by atoms with van der Waals surface area (Å²) in [4.78, 5) is 6.80. The Bertz CT molecular complexity index is 607. The molecule has 24 heavy (non-hydrogen) atoms. The van der Waals surface area contributed by atoms with Crippen molar-refractivity contribution in [2.75, 3.05) is 27.2 Å². The Labute approximate surface area is 145 Å². The van der Waals surface area contributed by atoms with Crippen molar-refractivity contribution < 1.29 is 9.47 Å². The Morgan fingerprint density at radius 3 is 2.75 bits per heavy atom. The maximum Gasteiger partial charge on any atom is 0.193 e. The van der Waals surface area contributed by atoms with Crippen LogP contribution in [0.25, 0.3) is 0 Å². The second-order valence-electron chi connectivity index (χ2n) is 6.97. The van der Waals surface area contributed by atoms with Crippen LogP contribution >= 0.6 is 0 Å². The van der Waals surface area contributed by atoms with Crippen molar-refractivity contribution in [1.29, 1.82) is 0 Å². The Kier molecular flexibility index (Phi) is 5.17. The first-order valence-electron chi connectivity index (χ1n) is 8.92. The van der Waals surface area contributed by atoms with Gasteiger partial charge in [-0.15, -0.1) is 0 Å². The highest BCUT2D eigenvalue weighted by Crippen LogP contribution is 2.34. The zero-order chi connectivity index (χ0) is 17.1. The number of nitrogens with one attached hydrogen (secondary N) is 1. The number of methoxy groups -OCH3 is 1. The van der Waals surface area contributed by atoms with E-state index in [1.807, 2.05) is 7.05 Å². The van der Waals surface area contributed by atoms with Crippen molar-refractivity contribution in [3.05, 3.63) is 23.3 Å². The maximum absolute atomic E-state index is 5.88. The molecule has 3 rings (SSSR count). The van der Waals surface area contributed by atoms with Gasteiger partial charge in [-0.3, -0.25) is 4.99 Å². The molecule has 1 aromatic rings. The van der Waals surface area contributed by atoms with Crippen LogP contribution in [-0.2, 0) is 13.0 Å². The maximum atomic E-state index is 5.88. The second-order valence-corrected chi connectivity index (χ2v) is 6.97. The summed E-state index contributed by atoms with van der Waals surface area (Å²) in [7, 11) is 3.58. The van der Waals surface area contributed by atoms with E-state index in [2.05, 4.69) is 41.2 Å². The quantitative estimate of drug-likeness (QED) is 0.683. The Morgan fingerprint density at radius 1 is 1.33 bits per heavy atom. The van der Waals surface area contributed by atoms with Gasteiger partial charge in [0.1, 0.15) is 17.6 Å². The van der Waals surface area contributed by atoms with Gasteiger partial charge in [0.2, 0.25) is 0 Å². The van der Waals surface area contributed by atoms with Gasteiger partial charge in [-0.2, -0.15) is 0 Å². The molecule has 1 atom stereocenters. The summed E-state index contributed by atoms with van der Waals surface area (Å²) < 4.78 is 11.5. The number of ether oxygens (including phenoxy) is 2. The zero-order valence-electron chi connectivity index (χ0n) is 15.3. The number of fused-ring (bicyclic) bond motifs is 1. The molecule has 0 saturated carbocycles. The fourth-order valence-corrected chi connectivity index (χ4v) is 3.54. The summed E-state index contributed by atoms with van der Waals surface area (Å²) in [6, 6.07) is 4.22. The minimum absolute atomic E-state index is 0.246. The summed E-state index contributed by atoms with van der Waals surface area (Å²) >= 11 is 0. The number of hydrogen-bond donors (Lipinski definition) is 1. The summed E-state index contributed by atoms with van der Waals surface area (Å²) in [5.41, 5.74) is 2.34. The third kappa shape index (κ3) is 3.60. The van der Waals surface area contributed by atoms with Crippen LogP contribution in [-0.4, -0.2) is 44.2 Å². The SMILES string of the molecule is CN=C(NCc1cc2c(cc1OC)CC(C)O2)N1CCC(C)CC1. The largest absolute Gasteiger partial charge is 0.496 e. The molecule has 5 heteroatoms. The molecule has 1 saturated heterocycles. The molecule has 0 bridgehead atoms. The van der Waals surface area contributed by atoms with Gasteiger partial charge in [0.25, 0.3) is 0 Å². The molecule has 5 nitrogen and oxygen atoms in total. The van der Waals surface area contributed by atoms with Gasteiger partial charge in [0, 0.05) is 44.2 Å². The average molecular weight is 331 g/mol. The molecule has 1 fully saturated rings. The fourth-order valence-electron chi connectivity index (χ4n) is 3.54. The monoisotopic (exact) mass is 331 g/mol. The lowest BCUT2D eigenvalue weighted by molar-refractivity contribution is 0.254. The van der Waals surface area contributed by atoms with E-state index < -0.39 is 0 Å². The van der Waals surface area contributed by atoms with Crippen molar-refractivity contribution >= 4 is 5.96 Å². The standard InChI is InChI=1S/C19H29N3O2/c1-13-5-7-22(8-6-13)19(20-3)21-12-16-11-18-15(9-14(2)24-18)10-17(16)23-4/h10-11,13-14H,5-9,12H2,1-4H3,(H,20,21). The number of likely N-dealkylation sites (tertiary alicyclic amines) is 1. The molecular weight excluding hydrogens is 302 g/mol. The molecule has 1 N–H and O–H groups in total. The van der Waals surface area contributed by atoms with Crippen molar-refractivity contribution in [2.45, 2.75) is 45.8 Å². The molecule has 2 aliphatic heterocycles. The van der Waals surface area contributed by atoms with Crippen LogP contribution in [0.15, 0.2) is 17.1 Å². The number of nitrogens with zero attached hydrogens (tertiary/aromatic N) is 2. The van der Waals surface area contributed by atoms with Crippen molar-refractivity contribution in [1.82, 2.24) is 10.2 Å². The number of aliphatic imine (C=N–C) groups is 1. The summed E-state index contributed by atoms with van der Waals surface area (Å²) in [6.45, 7) is 7.26. The van der Waals surface area contributed by atoms with Gasteiger partial charge in [-0.25, -0.2) is 0 Å². The van der Waals surface area contributed by atoms with Crippen molar-refractivity contribution in [2.24, 2.45) is 10.9 Å². The molecule has 132 valence electrons. The molecule has 2 aliphatic rings. The van der Waals surface area contributed by atoms with Crippen LogP contribution in [0.2, 0.25) is 0 Å². The van der Waals surface area contributed by atoms with Gasteiger partial charge in [0.15, 0.2) is 5.96 Å². The summed E-state index contributed by atoms with van der Waals surface area (Å²) in [5, 5.41) is 3.49. The van der Waals surface area contributed by atoms with E-state index in [0.29, 0.717) is 6.54 Å². The summed E-state index contributed by atoms with van der Waals surface area (Å²) in [5.74, 6) is 3.69. The van der Waals surface area contributed by atoms with Crippen LogP contribution in [0.1, 0.15) is 37.8 Å². The third-order valence-corrected chi connectivity index (χ3v) is 5.03. The Balaban J connectivity index is 1.68. The molecule has 1 unspecified atom stereocenters. The van der Waals surface area contributed by atoms with E-state index in [0.717, 1.165) is 48.5 Å². The highest BCUT2D eigenvalue weighted by Gasteiger charge is 2.22. The van der Waals surface area contributed by atoms with Crippen LogP contribution < -0.4 is 14.8 Å². The lowest BCUT2D eigenvalue weighted by Gasteiger charge is -2.33. The predicted octanol–water partition coefficient (Wildman–Crippen LogP) is 2.83. The number of piperidine rings is 1. The van der Waals surface area contributed by atoms with Gasteiger partial charge in [0.05, 0.1) is 7.11 Å². The average Bonchev–Trinajstić information content (AvgIpc) is 2.95. The van der Waals surface area contributed by atoms with Crippen LogP contribution in [0.3, 0.4) is 0 Å². The van der Waals surface area contributed by atoms with E-state index in [1.165, 1.54) is 18.4 Å². The highest BCUT2D eigenvalue weighted by molar-refractivity contribution is 5.80. The van der Waals surface area contributed by atoms with E-state index in [9.17, 15) is 0 Å². The smallest absolute Gasteiger partial charge is 0.193 e. The Hall–Kier alpha value is -1.91. The van der Waals surface area contributed by atoms with Gasteiger partial charge in [-0.1, -0.05) is 6.92 Å². The molecule has 0 amide bonds. The molecule has 0 aromatic heterocycles. The van der Waals surface area contributed by atoms with Gasteiger partial charge in [-0.05, 0) is 37.8 Å². The zero-order valence-corrected chi connectivity index (χ0v) is 15.3. The molecular formula is C19H29N3O2. The van der Waals surface area contributed by atoms with Gasteiger partial charge >= 0.3 is 0 Å². The number of guanidine groups is 1. The van der Waals surface area contributed by atoms with Crippen LogP contribution in [0.4, 0.5) is 0 Å². The molecule has 1 aromatic carbocycles. The van der Waals surface area contributed by atoms with E-state index in [1.54, 1.807) is 7.11 Å². The van der Waals surface area contributed by atoms with Crippen LogP contribution in [0.5, 0.6) is 11.5 Å². The van der Waals surface area contributed by atoms with Crippen LogP contribution in [0, 0.1) is 5.92 Å². The highest BCUT2D eigenvalue weighted by atomic mass is 16.5. The van der Waals surface area contributed by atoms with E-state index >= 15 is 0 Å². The minimum atomic E-state index is 0.246. The molecule has 0 aliphatic carbocycles. The van der Waals surface area contributed by atoms with Crippen molar-refractivity contribution in [3.8, 4) is 11.5 Å². The first-order chi connectivity index (χ1) is 11.6. The lowest BCUT2D eigenvalue weighted by atomic mass is 9.99. The fraction of sp³-hybridized carbons (Fsp3) is 0.632. The third-order valence-electron chi connectivity index (χ3n) is 5.03. The van der Waals surface area contributed by atoms with Gasteiger partial charge < -0.3 is 19.7 Å². The minimum Gasteiger partial charge on any atom is -0.496 e. The first kappa shape index (κ1) is 16.9. The van der Waals surface area contributed by atoms with E-state index in [-0.39, 0.29) is 6.10 Å². The number of hydrogen-bond acceptors (Lipinski definition) is 3. The number of rotatable bonds is 3. The molecule has 0 radical (unpaired) electrons. The summed E-state index contributed by atoms with van der Waals surface area (Å²) in [6.07, 6.45) is 3.66. The molecule has 2 heterocycles. The van der Waals surface area contributed by atoms with Crippen molar-refractivity contribution in [3.63, 3.8) is 0 Å².